The third-order valence-electron chi connectivity index (χ3n) is 3.11. The van der Waals surface area contributed by atoms with Gasteiger partial charge in [-0.1, -0.05) is 0 Å². The van der Waals surface area contributed by atoms with Gasteiger partial charge in [-0.15, -0.1) is 0 Å². The van der Waals surface area contributed by atoms with Gasteiger partial charge in [0.25, 0.3) is 0 Å². The van der Waals surface area contributed by atoms with Crippen LogP contribution in [0.1, 0.15) is 42.4 Å². The maximum absolute atomic E-state index is 12.2. The van der Waals surface area contributed by atoms with Gasteiger partial charge in [-0.25, -0.2) is 9.59 Å². The maximum atomic E-state index is 12.2. The Morgan fingerprint density at radius 3 is 2.70 bits per heavy atom. The molecule has 1 aliphatic rings. The Morgan fingerprint density at radius 2 is 2.10 bits per heavy atom. The topological polar surface area (TPSA) is 82.5 Å². The Morgan fingerprint density at radius 1 is 1.40 bits per heavy atom. The number of amides is 2. The number of urea groups is 1. The van der Waals surface area contributed by atoms with Gasteiger partial charge in [0.05, 0.1) is 12.1 Å². The average Bonchev–Trinajstić information content (AvgIpc) is 2.35. The van der Waals surface area contributed by atoms with E-state index in [9.17, 15) is 14.7 Å². The zero-order chi connectivity index (χ0) is 14.9. The van der Waals surface area contributed by atoms with E-state index in [2.05, 4.69) is 10.3 Å². The fourth-order valence-electron chi connectivity index (χ4n) is 2.21. The smallest absolute Gasteiger partial charge is 0.336 e. The van der Waals surface area contributed by atoms with E-state index in [1.165, 1.54) is 12.3 Å². The molecule has 0 atom stereocenters. The van der Waals surface area contributed by atoms with Crippen LogP contribution in [0.15, 0.2) is 12.3 Å². The Hall–Kier alpha value is -2.11. The number of aromatic nitrogens is 1. The summed E-state index contributed by atoms with van der Waals surface area (Å²) in [6.45, 7) is 6.56. The molecule has 0 aromatic carbocycles. The number of carboxylic acid groups (broad SMARTS) is 1. The van der Waals surface area contributed by atoms with Crippen LogP contribution in [-0.4, -0.2) is 39.1 Å². The van der Waals surface area contributed by atoms with Crippen molar-refractivity contribution >= 4 is 12.0 Å². The molecule has 108 valence electrons. The van der Waals surface area contributed by atoms with E-state index in [-0.39, 0.29) is 23.7 Å². The number of pyridine rings is 1. The molecule has 0 aliphatic carbocycles. The van der Waals surface area contributed by atoms with E-state index in [0.29, 0.717) is 18.5 Å². The zero-order valence-corrected chi connectivity index (χ0v) is 11.9. The van der Waals surface area contributed by atoms with Gasteiger partial charge in [0.1, 0.15) is 0 Å². The van der Waals surface area contributed by atoms with E-state index in [1.807, 2.05) is 20.8 Å². The number of nitrogens with one attached hydrogen (secondary N) is 1. The van der Waals surface area contributed by atoms with Crippen LogP contribution in [-0.2, 0) is 13.0 Å². The van der Waals surface area contributed by atoms with E-state index in [0.717, 1.165) is 5.69 Å². The van der Waals surface area contributed by atoms with Gasteiger partial charge in [-0.3, -0.25) is 4.98 Å². The van der Waals surface area contributed by atoms with Crippen molar-refractivity contribution in [2.24, 2.45) is 0 Å². The van der Waals surface area contributed by atoms with Gasteiger partial charge in [-0.05, 0) is 26.8 Å². The predicted molar refractivity (Wildman–Crippen MR) is 73.6 cm³/mol. The molecule has 1 aromatic rings. The first-order valence-electron chi connectivity index (χ1n) is 6.55. The zero-order valence-electron chi connectivity index (χ0n) is 11.9. The first-order chi connectivity index (χ1) is 9.28. The van der Waals surface area contributed by atoms with E-state index in [4.69, 9.17) is 0 Å². The minimum absolute atomic E-state index is 0.177. The molecule has 0 bridgehead atoms. The molecule has 2 heterocycles. The normalized spacial score (nSPS) is 14.7. The van der Waals surface area contributed by atoms with Gasteiger partial charge in [-0.2, -0.15) is 0 Å². The summed E-state index contributed by atoms with van der Waals surface area (Å²) >= 11 is 0. The summed E-state index contributed by atoms with van der Waals surface area (Å²) in [6, 6.07) is 1.30. The van der Waals surface area contributed by atoms with E-state index < -0.39 is 5.97 Å². The average molecular weight is 277 g/mol. The van der Waals surface area contributed by atoms with Crippen molar-refractivity contribution in [1.29, 1.82) is 0 Å². The van der Waals surface area contributed by atoms with Crippen molar-refractivity contribution in [3.63, 3.8) is 0 Å². The van der Waals surface area contributed by atoms with Crippen LogP contribution in [0.5, 0.6) is 0 Å². The molecule has 0 saturated carbocycles. The molecule has 1 aliphatic heterocycles. The predicted octanol–water partition coefficient (Wildman–Crippen LogP) is 1.65. The molecule has 0 saturated heterocycles. The number of carbonyl (C=O) groups is 2. The van der Waals surface area contributed by atoms with E-state index >= 15 is 0 Å². The molecule has 2 N–H and O–H groups in total. The number of rotatable bonds is 1. The summed E-state index contributed by atoms with van der Waals surface area (Å²) < 4.78 is 0. The number of aromatic carboxylic acids is 1. The Kier molecular flexibility index (Phi) is 3.65. The summed E-state index contributed by atoms with van der Waals surface area (Å²) in [5, 5.41) is 12.1. The van der Waals surface area contributed by atoms with Crippen LogP contribution < -0.4 is 5.32 Å². The molecular formula is C14H19N3O3. The minimum atomic E-state index is -0.985. The Bertz CT molecular complexity index is 549. The molecule has 0 spiro atoms. The van der Waals surface area contributed by atoms with Crippen LogP contribution in [0.25, 0.3) is 0 Å². The van der Waals surface area contributed by atoms with Crippen LogP contribution >= 0.6 is 0 Å². The SMILES string of the molecule is CC(C)(C)NC(=O)N1CCc2nccc(C(=O)O)c2C1. The van der Waals surface area contributed by atoms with Crippen molar-refractivity contribution in [1.82, 2.24) is 15.2 Å². The standard InChI is InChI=1S/C14H19N3O3/c1-14(2,3)16-13(20)17-7-5-11-10(8-17)9(12(18)19)4-6-15-11/h4,6H,5,7-8H2,1-3H3,(H,16,20)(H,18,19). The van der Waals surface area contributed by atoms with E-state index in [1.54, 1.807) is 4.90 Å². The molecule has 0 unspecified atom stereocenters. The molecule has 2 amide bonds. The number of fused-ring (bicyclic) bond motifs is 1. The highest BCUT2D eigenvalue weighted by molar-refractivity contribution is 5.90. The summed E-state index contributed by atoms with van der Waals surface area (Å²) in [4.78, 5) is 29.2. The number of carboxylic acids is 1. The second-order valence-electron chi connectivity index (χ2n) is 5.94. The number of carbonyl (C=O) groups excluding carboxylic acids is 1. The summed E-state index contributed by atoms with van der Waals surface area (Å²) in [6.07, 6.45) is 2.08. The van der Waals surface area contributed by atoms with Gasteiger partial charge >= 0.3 is 12.0 Å². The lowest BCUT2D eigenvalue weighted by Gasteiger charge is -2.32. The highest BCUT2D eigenvalue weighted by Crippen LogP contribution is 2.21. The highest BCUT2D eigenvalue weighted by atomic mass is 16.4. The molecule has 6 heteroatoms. The van der Waals surface area contributed by atoms with Gasteiger partial charge in [0, 0.05) is 36.0 Å². The first kappa shape index (κ1) is 14.3. The minimum Gasteiger partial charge on any atom is -0.478 e. The lowest BCUT2D eigenvalue weighted by molar-refractivity contribution is 0.0693. The largest absolute Gasteiger partial charge is 0.478 e. The molecule has 2 rings (SSSR count). The molecule has 0 fully saturated rings. The lowest BCUT2D eigenvalue weighted by Crippen LogP contribution is -2.50. The van der Waals surface area contributed by atoms with Crippen molar-refractivity contribution in [2.75, 3.05) is 6.54 Å². The maximum Gasteiger partial charge on any atom is 0.336 e. The summed E-state index contributed by atoms with van der Waals surface area (Å²) in [7, 11) is 0. The molecule has 20 heavy (non-hydrogen) atoms. The molecular weight excluding hydrogens is 258 g/mol. The van der Waals surface area contributed by atoms with Gasteiger partial charge < -0.3 is 15.3 Å². The lowest BCUT2D eigenvalue weighted by atomic mass is 10.0. The second kappa shape index (κ2) is 5.11. The van der Waals surface area contributed by atoms with Crippen LogP contribution in [0.2, 0.25) is 0 Å². The summed E-state index contributed by atoms with van der Waals surface area (Å²) in [5.74, 6) is -0.985. The number of hydrogen-bond acceptors (Lipinski definition) is 3. The van der Waals surface area contributed by atoms with Crippen molar-refractivity contribution in [3.8, 4) is 0 Å². The summed E-state index contributed by atoms with van der Waals surface area (Å²) in [5.41, 5.74) is 1.31. The highest BCUT2D eigenvalue weighted by Gasteiger charge is 2.27. The van der Waals surface area contributed by atoms with Crippen molar-refractivity contribution in [2.45, 2.75) is 39.3 Å². The second-order valence-corrected chi connectivity index (χ2v) is 5.94. The monoisotopic (exact) mass is 277 g/mol. The van der Waals surface area contributed by atoms with Gasteiger partial charge in [0.15, 0.2) is 0 Å². The van der Waals surface area contributed by atoms with Crippen LogP contribution in [0.4, 0.5) is 4.79 Å². The Labute approximate surface area is 117 Å². The number of hydrogen-bond donors (Lipinski definition) is 2. The molecule has 1 aromatic heterocycles. The third-order valence-corrected chi connectivity index (χ3v) is 3.11. The van der Waals surface area contributed by atoms with Crippen molar-refractivity contribution < 1.29 is 14.7 Å². The van der Waals surface area contributed by atoms with Crippen LogP contribution in [0.3, 0.4) is 0 Å². The number of nitrogens with zero attached hydrogens (tertiary/aromatic N) is 2. The van der Waals surface area contributed by atoms with Gasteiger partial charge in [0.2, 0.25) is 0 Å². The Balaban J connectivity index is 2.22. The molecule has 0 radical (unpaired) electrons. The fourth-order valence-corrected chi connectivity index (χ4v) is 2.21. The van der Waals surface area contributed by atoms with Crippen molar-refractivity contribution in [3.05, 3.63) is 29.1 Å². The quantitative estimate of drug-likeness (QED) is 0.817. The fraction of sp³-hybridized carbons (Fsp3) is 0.500. The third kappa shape index (κ3) is 3.07. The van der Waals surface area contributed by atoms with Crippen LogP contribution in [0, 0.1) is 0 Å². The first-order valence-corrected chi connectivity index (χ1v) is 6.55. The molecule has 6 nitrogen and oxygen atoms in total.